The number of amides is 2. The molecule has 1 aliphatic rings. The van der Waals surface area contributed by atoms with E-state index in [0.717, 1.165) is 36.9 Å². The van der Waals surface area contributed by atoms with Gasteiger partial charge in [0.2, 0.25) is 5.91 Å². The van der Waals surface area contributed by atoms with Gasteiger partial charge in [0.1, 0.15) is 11.5 Å². The van der Waals surface area contributed by atoms with Crippen molar-refractivity contribution < 1.29 is 23.5 Å². The molecule has 1 N–H and O–H groups in total. The van der Waals surface area contributed by atoms with Gasteiger partial charge < -0.3 is 19.4 Å². The maximum atomic E-state index is 12.9. The molecule has 2 amide bonds. The number of hydrogen-bond donors (Lipinski definition) is 1. The van der Waals surface area contributed by atoms with E-state index < -0.39 is 18.5 Å². The number of rotatable bonds is 8. The second-order valence-electron chi connectivity index (χ2n) is 7.23. The minimum absolute atomic E-state index is 0.0269. The van der Waals surface area contributed by atoms with Crippen LogP contribution in [0.25, 0.3) is 6.08 Å². The number of carbonyl (C=O) groups excluding carboxylic acids is 3. The van der Waals surface area contributed by atoms with Crippen LogP contribution in [-0.2, 0) is 25.7 Å². The van der Waals surface area contributed by atoms with E-state index in [2.05, 4.69) is 5.32 Å². The van der Waals surface area contributed by atoms with Crippen molar-refractivity contribution in [1.82, 2.24) is 10.2 Å². The Morgan fingerprint density at radius 1 is 1.13 bits per heavy atom. The summed E-state index contributed by atoms with van der Waals surface area (Å²) in [5.41, 5.74) is 1.60. The molecule has 0 unspecified atom stereocenters. The molecule has 7 nitrogen and oxygen atoms in total. The van der Waals surface area contributed by atoms with E-state index in [0.29, 0.717) is 5.76 Å². The van der Waals surface area contributed by atoms with Crippen molar-refractivity contribution in [3.05, 3.63) is 77.5 Å². The van der Waals surface area contributed by atoms with Crippen LogP contribution in [0, 0.1) is 0 Å². The third-order valence-corrected chi connectivity index (χ3v) is 4.78. The Morgan fingerprint density at radius 3 is 2.58 bits per heavy atom. The van der Waals surface area contributed by atoms with Crippen LogP contribution < -0.4 is 5.32 Å². The molecule has 0 radical (unpaired) electrons. The molecule has 0 bridgehead atoms. The molecule has 0 saturated carbocycles. The van der Waals surface area contributed by atoms with E-state index >= 15 is 0 Å². The van der Waals surface area contributed by atoms with E-state index in [-0.39, 0.29) is 18.1 Å². The second kappa shape index (κ2) is 11.0. The molecule has 0 atom stereocenters. The fourth-order valence-electron chi connectivity index (χ4n) is 3.31. The number of esters is 1. The van der Waals surface area contributed by atoms with Gasteiger partial charge in [0.25, 0.3) is 5.91 Å². The first kappa shape index (κ1) is 22.1. The summed E-state index contributed by atoms with van der Waals surface area (Å²) in [6.45, 7) is 1.13. The highest BCUT2D eigenvalue weighted by atomic mass is 16.5. The van der Waals surface area contributed by atoms with Gasteiger partial charge >= 0.3 is 5.97 Å². The highest BCUT2D eigenvalue weighted by molar-refractivity contribution is 5.98. The van der Waals surface area contributed by atoms with Crippen LogP contribution in [0.1, 0.15) is 43.9 Å². The molecule has 1 heterocycles. The van der Waals surface area contributed by atoms with Gasteiger partial charge in [-0.15, -0.1) is 0 Å². The lowest BCUT2D eigenvalue weighted by atomic mass is 10.0. The van der Waals surface area contributed by atoms with Gasteiger partial charge in [-0.1, -0.05) is 36.4 Å². The third kappa shape index (κ3) is 6.70. The molecule has 7 heteroatoms. The van der Waals surface area contributed by atoms with Crippen LogP contribution in [0.4, 0.5) is 0 Å². The summed E-state index contributed by atoms with van der Waals surface area (Å²) < 4.78 is 10.7. The minimum atomic E-state index is -0.775. The zero-order chi connectivity index (χ0) is 22.1. The van der Waals surface area contributed by atoms with Gasteiger partial charge in [0, 0.05) is 12.6 Å². The molecule has 1 aliphatic carbocycles. The fourth-order valence-corrected chi connectivity index (χ4v) is 3.31. The van der Waals surface area contributed by atoms with Crippen molar-refractivity contribution in [2.45, 2.75) is 39.2 Å². The molecule has 0 fully saturated rings. The molecule has 0 aliphatic heterocycles. The number of ether oxygens (including phenoxy) is 1. The molecule has 0 saturated heterocycles. The molecule has 2 aromatic rings. The predicted molar refractivity (Wildman–Crippen MR) is 115 cm³/mol. The van der Waals surface area contributed by atoms with Crippen LogP contribution in [0.5, 0.6) is 0 Å². The Morgan fingerprint density at radius 2 is 1.94 bits per heavy atom. The molecular formula is C24H26N2O5. The molecule has 3 rings (SSSR count). The lowest BCUT2D eigenvalue weighted by Gasteiger charge is -2.27. The van der Waals surface area contributed by atoms with Crippen LogP contribution in [0.3, 0.4) is 0 Å². The smallest absolute Gasteiger partial charge is 0.355 e. The van der Waals surface area contributed by atoms with Crippen molar-refractivity contribution >= 4 is 23.9 Å². The van der Waals surface area contributed by atoms with Crippen molar-refractivity contribution in [3.63, 3.8) is 0 Å². The summed E-state index contributed by atoms with van der Waals surface area (Å²) in [4.78, 5) is 38.7. The maximum absolute atomic E-state index is 12.9. The van der Waals surface area contributed by atoms with Crippen molar-refractivity contribution in [1.29, 1.82) is 0 Å². The number of nitrogens with zero attached hydrogens (tertiary/aromatic N) is 1. The zero-order valence-electron chi connectivity index (χ0n) is 17.5. The summed E-state index contributed by atoms with van der Waals surface area (Å²) in [6.07, 6.45) is 8.89. The van der Waals surface area contributed by atoms with E-state index in [1.54, 1.807) is 35.4 Å². The van der Waals surface area contributed by atoms with Gasteiger partial charge in [0.15, 0.2) is 6.61 Å². The largest absolute Gasteiger partial charge is 0.467 e. The van der Waals surface area contributed by atoms with Crippen LogP contribution in [-0.4, -0.2) is 29.3 Å². The number of furan rings is 1. The number of nitrogens with one attached hydrogen (secondary N) is 1. The average Bonchev–Trinajstić information content (AvgIpc) is 3.29. The van der Waals surface area contributed by atoms with Crippen molar-refractivity contribution in [2.75, 3.05) is 6.61 Å². The Labute approximate surface area is 181 Å². The maximum Gasteiger partial charge on any atom is 0.355 e. The average molecular weight is 422 g/mol. The first-order valence-electron chi connectivity index (χ1n) is 10.3. The van der Waals surface area contributed by atoms with Crippen LogP contribution in [0.2, 0.25) is 0 Å². The number of benzene rings is 1. The van der Waals surface area contributed by atoms with Gasteiger partial charge in [0.05, 0.1) is 12.8 Å². The SMILES string of the molecule is CC(=O)N/C(=C\c1ccccc1)C(=O)OCC(=O)N(Cc1ccco1)C1=CCCCC1. The number of carbonyl (C=O) groups is 3. The third-order valence-electron chi connectivity index (χ3n) is 4.78. The molecule has 0 spiro atoms. The van der Waals surface area contributed by atoms with Gasteiger partial charge in [-0.3, -0.25) is 9.59 Å². The Kier molecular flexibility index (Phi) is 7.81. The first-order chi connectivity index (χ1) is 15.0. The van der Waals surface area contributed by atoms with Gasteiger partial charge in [-0.05, 0) is 49.5 Å². The lowest BCUT2D eigenvalue weighted by Crippen LogP contribution is -2.35. The zero-order valence-corrected chi connectivity index (χ0v) is 17.5. The summed E-state index contributed by atoms with van der Waals surface area (Å²) in [5, 5.41) is 2.48. The van der Waals surface area contributed by atoms with Gasteiger partial charge in [-0.2, -0.15) is 0 Å². The van der Waals surface area contributed by atoms with E-state index in [4.69, 9.17) is 9.15 Å². The normalized spacial score (nSPS) is 13.8. The fraction of sp³-hybridized carbons (Fsp3) is 0.292. The van der Waals surface area contributed by atoms with Crippen molar-refractivity contribution in [2.24, 2.45) is 0 Å². The monoisotopic (exact) mass is 422 g/mol. The molecule has 31 heavy (non-hydrogen) atoms. The molecule has 162 valence electrons. The molecular weight excluding hydrogens is 396 g/mol. The molecule has 1 aromatic carbocycles. The summed E-state index contributed by atoms with van der Waals surface area (Å²) in [7, 11) is 0. The Balaban J connectivity index is 1.70. The standard InChI is InChI=1S/C24H26N2O5/c1-18(27)25-22(15-19-9-4-2-5-10-19)24(29)31-17-23(28)26(16-21-13-8-14-30-21)20-11-6-3-7-12-20/h2,4-5,8-11,13-15H,3,6-7,12,16-17H2,1H3,(H,25,27)/b22-15-. The van der Waals surface area contributed by atoms with Crippen LogP contribution in [0.15, 0.2) is 70.6 Å². The Bertz CT molecular complexity index is 961. The first-order valence-corrected chi connectivity index (χ1v) is 10.3. The highest BCUT2D eigenvalue weighted by Gasteiger charge is 2.23. The number of allylic oxidation sites excluding steroid dienone is 2. The van der Waals surface area contributed by atoms with Crippen molar-refractivity contribution in [3.8, 4) is 0 Å². The second-order valence-corrected chi connectivity index (χ2v) is 7.23. The van der Waals surface area contributed by atoms with E-state index in [9.17, 15) is 14.4 Å². The minimum Gasteiger partial charge on any atom is -0.467 e. The predicted octanol–water partition coefficient (Wildman–Crippen LogP) is 3.79. The van der Waals surface area contributed by atoms with Gasteiger partial charge in [-0.25, -0.2) is 4.79 Å². The summed E-state index contributed by atoms with van der Waals surface area (Å²) >= 11 is 0. The highest BCUT2D eigenvalue weighted by Crippen LogP contribution is 2.23. The Hall–Kier alpha value is -3.61. The molecule has 1 aromatic heterocycles. The lowest BCUT2D eigenvalue weighted by molar-refractivity contribution is -0.149. The topological polar surface area (TPSA) is 88.8 Å². The summed E-state index contributed by atoms with van der Waals surface area (Å²) in [6, 6.07) is 12.6. The van der Waals surface area contributed by atoms with E-state index in [1.807, 2.05) is 24.3 Å². The summed E-state index contributed by atoms with van der Waals surface area (Å²) in [5.74, 6) is -0.880. The van der Waals surface area contributed by atoms with E-state index in [1.165, 1.54) is 13.0 Å². The quantitative estimate of drug-likeness (QED) is 0.517. The van der Waals surface area contributed by atoms with Crippen LogP contribution >= 0.6 is 0 Å². The number of hydrogen-bond acceptors (Lipinski definition) is 5.